The van der Waals surface area contributed by atoms with E-state index in [0.717, 1.165) is 17.4 Å². The van der Waals surface area contributed by atoms with E-state index >= 15 is 0 Å². The van der Waals surface area contributed by atoms with Crippen molar-refractivity contribution in [1.29, 1.82) is 0 Å². The minimum atomic E-state index is -3.37. The molecule has 1 aliphatic heterocycles. The molecule has 0 spiro atoms. The molecule has 1 heterocycles. The molecule has 1 atom stereocenters. The molecule has 0 aliphatic carbocycles. The average Bonchev–Trinajstić information content (AvgIpc) is 3.13. The summed E-state index contributed by atoms with van der Waals surface area (Å²) in [6, 6.07) is 13.3. The van der Waals surface area contributed by atoms with Gasteiger partial charge < -0.3 is 10.2 Å². The number of benzene rings is 2. The SMILES string of the molecule is COCC(=O)N1N=C(c2ccc(NS(C)(=O)=O)cc2)CC1c1cccc([NH+]=O)c1.[OH-]. The van der Waals surface area contributed by atoms with Crippen molar-refractivity contribution in [3.05, 3.63) is 64.6 Å². The minimum absolute atomic E-state index is 0. The Morgan fingerprint density at radius 2 is 1.97 bits per heavy atom. The molecule has 160 valence electrons. The molecule has 1 amide bonds. The Morgan fingerprint density at radius 1 is 1.27 bits per heavy atom. The second kappa shape index (κ2) is 9.57. The van der Waals surface area contributed by atoms with Crippen LogP contribution in [-0.4, -0.2) is 50.5 Å². The number of sulfonamides is 1. The van der Waals surface area contributed by atoms with Crippen LogP contribution in [0.25, 0.3) is 0 Å². The standard InChI is InChI=1S/C19H20N4O5S.H2O/c1-28-12-19(24)23-18(14-4-3-5-16(10-14)21-25)11-17(20-23)13-6-8-15(9-7-13)22-29(2,26)27;/h3-10,18,22H,11-12H2,1-2H3;1H2. The van der Waals surface area contributed by atoms with Crippen molar-refractivity contribution < 1.29 is 28.6 Å². The molecule has 0 saturated heterocycles. The molecule has 2 aromatic carbocycles. The van der Waals surface area contributed by atoms with E-state index in [1.54, 1.807) is 42.5 Å². The molecule has 3 N–H and O–H groups in total. The number of hydrazone groups is 1. The summed E-state index contributed by atoms with van der Waals surface area (Å²) in [5.74, 6) is -0.302. The van der Waals surface area contributed by atoms with Crippen molar-refractivity contribution >= 4 is 33.0 Å². The highest BCUT2D eigenvalue weighted by molar-refractivity contribution is 7.92. The number of carbonyl (C=O) groups is 1. The highest BCUT2D eigenvalue weighted by Gasteiger charge is 2.33. The van der Waals surface area contributed by atoms with E-state index in [-0.39, 0.29) is 24.0 Å². The lowest BCUT2D eigenvalue weighted by atomic mass is 9.98. The van der Waals surface area contributed by atoms with Crippen molar-refractivity contribution in [2.75, 3.05) is 24.7 Å². The second-order valence-corrected chi connectivity index (χ2v) is 8.37. The van der Waals surface area contributed by atoms with Gasteiger partial charge in [0.1, 0.15) is 6.61 Å². The molecule has 30 heavy (non-hydrogen) atoms. The Bertz CT molecular complexity index is 1050. The topological polar surface area (TPSA) is 149 Å². The molecule has 0 bridgehead atoms. The molecule has 11 heteroatoms. The van der Waals surface area contributed by atoms with Gasteiger partial charge in [0, 0.05) is 41.4 Å². The molecule has 0 radical (unpaired) electrons. The number of nitrogens with zero attached hydrogens (tertiary/aromatic N) is 2. The third-order valence-corrected chi connectivity index (χ3v) is 4.95. The van der Waals surface area contributed by atoms with Gasteiger partial charge in [-0.15, -0.1) is 0 Å². The number of rotatable bonds is 7. The Labute approximate surface area is 173 Å². The van der Waals surface area contributed by atoms with Gasteiger partial charge in [-0.2, -0.15) is 5.10 Å². The highest BCUT2D eigenvalue weighted by Crippen LogP contribution is 2.33. The van der Waals surface area contributed by atoms with E-state index < -0.39 is 10.0 Å². The third kappa shape index (κ3) is 5.47. The Morgan fingerprint density at radius 3 is 2.57 bits per heavy atom. The Kier molecular flexibility index (Phi) is 7.38. The van der Waals surface area contributed by atoms with Gasteiger partial charge >= 0.3 is 0 Å². The van der Waals surface area contributed by atoms with Crippen LogP contribution in [0, 0.1) is 4.91 Å². The zero-order chi connectivity index (χ0) is 21.0. The van der Waals surface area contributed by atoms with E-state index in [1.807, 2.05) is 11.2 Å². The molecule has 1 unspecified atom stereocenters. The first kappa shape index (κ1) is 23.1. The van der Waals surface area contributed by atoms with Gasteiger partial charge in [-0.05, 0) is 23.3 Å². The maximum absolute atomic E-state index is 12.5. The first-order valence-electron chi connectivity index (χ1n) is 8.75. The number of carbonyl (C=O) groups excluding carboxylic acids is 1. The first-order chi connectivity index (χ1) is 13.8. The fraction of sp³-hybridized carbons (Fsp3) is 0.263. The molecule has 2 aromatic rings. The van der Waals surface area contributed by atoms with Crippen LogP contribution in [0.5, 0.6) is 0 Å². The van der Waals surface area contributed by atoms with E-state index in [2.05, 4.69) is 9.82 Å². The number of methoxy groups -OCH3 is 1. The second-order valence-electron chi connectivity index (χ2n) is 6.62. The van der Waals surface area contributed by atoms with Crippen LogP contribution in [0.2, 0.25) is 0 Å². The fourth-order valence-corrected chi connectivity index (χ4v) is 3.68. The lowest BCUT2D eigenvalue weighted by molar-refractivity contribution is -0.379. The number of nitrogens with one attached hydrogen (secondary N) is 2. The summed E-state index contributed by atoms with van der Waals surface area (Å²) in [6.07, 6.45) is 1.52. The molecule has 1 aliphatic rings. The quantitative estimate of drug-likeness (QED) is 0.654. The number of ether oxygens (including phenoxy) is 1. The van der Waals surface area contributed by atoms with Crippen LogP contribution in [-0.2, 0) is 19.6 Å². The van der Waals surface area contributed by atoms with Gasteiger partial charge in [0.2, 0.25) is 10.0 Å². The fourth-order valence-electron chi connectivity index (χ4n) is 3.12. The lowest BCUT2D eigenvalue weighted by Crippen LogP contribution is -2.55. The number of amides is 1. The van der Waals surface area contributed by atoms with Crippen LogP contribution in [0.15, 0.2) is 53.6 Å². The summed E-state index contributed by atoms with van der Waals surface area (Å²) in [5.41, 5.74) is 3.04. The number of anilines is 1. The van der Waals surface area contributed by atoms with Gasteiger partial charge in [-0.3, -0.25) is 9.52 Å². The summed E-state index contributed by atoms with van der Waals surface area (Å²) in [7, 11) is -1.93. The average molecular weight is 434 g/mol. The van der Waals surface area contributed by atoms with Crippen LogP contribution in [0.3, 0.4) is 0 Å². The van der Waals surface area contributed by atoms with Crippen molar-refractivity contribution in [3.63, 3.8) is 0 Å². The molecule has 0 saturated carbocycles. The third-order valence-electron chi connectivity index (χ3n) is 4.34. The van der Waals surface area contributed by atoms with Gasteiger partial charge in [-0.25, -0.2) is 13.4 Å². The van der Waals surface area contributed by atoms with Crippen molar-refractivity contribution in [1.82, 2.24) is 5.01 Å². The van der Waals surface area contributed by atoms with E-state index in [9.17, 15) is 18.1 Å². The van der Waals surface area contributed by atoms with Gasteiger partial charge in [0.15, 0.2) is 0 Å². The predicted octanol–water partition coefficient (Wildman–Crippen LogP) is 0.684. The van der Waals surface area contributed by atoms with Crippen LogP contribution in [0.4, 0.5) is 11.4 Å². The smallest absolute Gasteiger partial charge is 0.269 e. The summed E-state index contributed by atoms with van der Waals surface area (Å²) in [6.45, 7) is -0.121. The molecule has 10 nitrogen and oxygen atoms in total. The normalized spacial score (nSPS) is 15.9. The largest absolute Gasteiger partial charge is 0.870 e. The molecule has 3 rings (SSSR count). The Balaban J connectivity index is 0.00000320. The van der Waals surface area contributed by atoms with Crippen molar-refractivity contribution in [2.24, 2.45) is 5.10 Å². The lowest BCUT2D eigenvalue weighted by Gasteiger charge is -2.21. The van der Waals surface area contributed by atoms with Crippen molar-refractivity contribution in [3.8, 4) is 0 Å². The summed E-state index contributed by atoms with van der Waals surface area (Å²) in [5, 5.41) is 7.70. The van der Waals surface area contributed by atoms with E-state index in [4.69, 9.17) is 4.74 Å². The van der Waals surface area contributed by atoms with Crippen LogP contribution in [0.1, 0.15) is 23.6 Å². The van der Waals surface area contributed by atoms with E-state index in [1.165, 1.54) is 12.1 Å². The molecular formula is C19H22N4O6S. The maximum Gasteiger partial charge on any atom is 0.269 e. The number of hydrogen-bond donors (Lipinski definition) is 2. The number of hydrogen-bond acceptors (Lipinski definition) is 7. The molecule has 0 aromatic heterocycles. The van der Waals surface area contributed by atoms with Crippen LogP contribution >= 0.6 is 0 Å². The van der Waals surface area contributed by atoms with Gasteiger partial charge in [0.05, 0.1) is 18.0 Å². The van der Waals surface area contributed by atoms with Crippen LogP contribution < -0.4 is 9.90 Å². The zero-order valence-corrected chi connectivity index (χ0v) is 17.2. The highest BCUT2D eigenvalue weighted by atomic mass is 32.2. The van der Waals surface area contributed by atoms with Gasteiger partial charge in [-0.1, -0.05) is 24.3 Å². The summed E-state index contributed by atoms with van der Waals surface area (Å²) >= 11 is 0. The minimum Gasteiger partial charge on any atom is -0.870 e. The van der Waals surface area contributed by atoms with E-state index in [0.29, 0.717) is 23.5 Å². The summed E-state index contributed by atoms with van der Waals surface area (Å²) < 4.78 is 30.1. The summed E-state index contributed by atoms with van der Waals surface area (Å²) in [4.78, 5) is 23.5. The molecular weight excluding hydrogens is 412 g/mol. The zero-order valence-electron chi connectivity index (χ0n) is 16.4. The van der Waals surface area contributed by atoms with Gasteiger partial charge in [0.25, 0.3) is 11.6 Å². The predicted molar refractivity (Wildman–Crippen MR) is 110 cm³/mol. The number of nitroso groups, excluding NO2 is 1. The maximum atomic E-state index is 12.5. The Hall–Kier alpha value is -3.15. The monoisotopic (exact) mass is 434 g/mol. The first-order valence-corrected chi connectivity index (χ1v) is 10.6. The molecule has 0 fully saturated rings. The van der Waals surface area contributed by atoms with Crippen molar-refractivity contribution in [2.45, 2.75) is 12.5 Å².